The molecule has 0 atom stereocenters. The first-order valence-corrected chi connectivity index (χ1v) is 6.61. The van der Waals surface area contributed by atoms with Gasteiger partial charge in [-0.05, 0) is 36.8 Å². The highest BCUT2D eigenvalue weighted by Gasteiger charge is 1.97. The molecule has 3 nitrogen and oxygen atoms in total. The highest BCUT2D eigenvalue weighted by Crippen LogP contribution is 2.27. The van der Waals surface area contributed by atoms with Gasteiger partial charge in [-0.2, -0.15) is 0 Å². The lowest BCUT2D eigenvalue weighted by Gasteiger charge is -2.02. The number of hydrogen-bond donors (Lipinski definition) is 0. The van der Waals surface area contributed by atoms with Crippen molar-refractivity contribution in [3.05, 3.63) is 76.0 Å². The SMILES string of the molecule is Cc1ccc(Sc2ccc(C=C[N+](=O)[O-])cc2)cc1. The Kier molecular flexibility index (Phi) is 4.36. The van der Waals surface area contributed by atoms with Crippen LogP contribution in [0.3, 0.4) is 0 Å². The average molecular weight is 271 g/mol. The molecule has 4 heteroatoms. The number of aryl methyl sites for hydroxylation is 1. The van der Waals surface area contributed by atoms with Crippen LogP contribution < -0.4 is 0 Å². The van der Waals surface area contributed by atoms with Crippen LogP contribution in [0.15, 0.2) is 64.5 Å². The van der Waals surface area contributed by atoms with E-state index in [1.165, 1.54) is 16.5 Å². The molecule has 0 saturated heterocycles. The molecule has 0 bridgehead atoms. The van der Waals surface area contributed by atoms with Crippen LogP contribution in [0.25, 0.3) is 6.08 Å². The number of benzene rings is 2. The van der Waals surface area contributed by atoms with Crippen molar-refractivity contribution in [2.75, 3.05) is 0 Å². The highest BCUT2D eigenvalue weighted by atomic mass is 32.2. The van der Waals surface area contributed by atoms with E-state index in [4.69, 9.17) is 0 Å². The molecule has 0 fully saturated rings. The lowest BCUT2D eigenvalue weighted by Crippen LogP contribution is -1.82. The van der Waals surface area contributed by atoms with Crippen molar-refractivity contribution in [1.82, 2.24) is 0 Å². The van der Waals surface area contributed by atoms with E-state index in [2.05, 4.69) is 31.2 Å². The summed E-state index contributed by atoms with van der Waals surface area (Å²) >= 11 is 1.67. The molecule has 2 aromatic rings. The fourth-order valence-corrected chi connectivity index (χ4v) is 2.35. The molecule has 0 aliphatic heterocycles. The molecule has 0 radical (unpaired) electrons. The highest BCUT2D eigenvalue weighted by molar-refractivity contribution is 7.99. The summed E-state index contributed by atoms with van der Waals surface area (Å²) in [6.45, 7) is 2.06. The minimum Gasteiger partial charge on any atom is -0.259 e. The van der Waals surface area contributed by atoms with E-state index in [0.717, 1.165) is 16.7 Å². The smallest absolute Gasteiger partial charge is 0.235 e. The van der Waals surface area contributed by atoms with Crippen LogP contribution in [-0.2, 0) is 0 Å². The third-order valence-electron chi connectivity index (χ3n) is 2.53. The monoisotopic (exact) mass is 271 g/mol. The van der Waals surface area contributed by atoms with Gasteiger partial charge in [-0.1, -0.05) is 41.6 Å². The minimum atomic E-state index is -0.463. The predicted octanol–water partition coefficient (Wildman–Crippen LogP) is 4.39. The quantitative estimate of drug-likeness (QED) is 0.611. The van der Waals surface area contributed by atoms with Gasteiger partial charge in [-0.15, -0.1) is 0 Å². The molecule has 0 saturated carbocycles. The largest absolute Gasteiger partial charge is 0.259 e. The Bertz CT molecular complexity index is 589. The second kappa shape index (κ2) is 6.20. The van der Waals surface area contributed by atoms with Gasteiger partial charge in [0.1, 0.15) is 0 Å². The van der Waals surface area contributed by atoms with E-state index >= 15 is 0 Å². The van der Waals surface area contributed by atoms with Crippen LogP contribution in [0.1, 0.15) is 11.1 Å². The van der Waals surface area contributed by atoms with Crippen molar-refractivity contribution in [3.8, 4) is 0 Å². The summed E-state index contributed by atoms with van der Waals surface area (Å²) in [7, 11) is 0. The van der Waals surface area contributed by atoms with Crippen LogP contribution in [0.2, 0.25) is 0 Å². The molecule has 2 rings (SSSR count). The second-order valence-electron chi connectivity index (χ2n) is 4.09. The van der Waals surface area contributed by atoms with Crippen molar-refractivity contribution in [3.63, 3.8) is 0 Å². The van der Waals surface area contributed by atoms with Crippen molar-refractivity contribution in [1.29, 1.82) is 0 Å². The van der Waals surface area contributed by atoms with Crippen molar-refractivity contribution in [2.24, 2.45) is 0 Å². The molecule has 0 amide bonds. The fraction of sp³-hybridized carbons (Fsp3) is 0.0667. The summed E-state index contributed by atoms with van der Waals surface area (Å²) in [6.07, 6.45) is 2.43. The van der Waals surface area contributed by atoms with Gasteiger partial charge < -0.3 is 0 Å². The van der Waals surface area contributed by atoms with Crippen LogP contribution >= 0.6 is 11.8 Å². The number of hydrogen-bond acceptors (Lipinski definition) is 3. The van der Waals surface area contributed by atoms with Crippen LogP contribution in [0, 0.1) is 17.0 Å². The first-order chi connectivity index (χ1) is 9.13. The maximum Gasteiger partial charge on any atom is 0.235 e. The van der Waals surface area contributed by atoms with Gasteiger partial charge in [-0.3, -0.25) is 10.1 Å². The van der Waals surface area contributed by atoms with E-state index in [-0.39, 0.29) is 0 Å². The molecule has 2 aromatic carbocycles. The van der Waals surface area contributed by atoms with Crippen molar-refractivity contribution >= 4 is 17.8 Å². The van der Waals surface area contributed by atoms with Gasteiger partial charge in [0.2, 0.25) is 6.20 Å². The summed E-state index contributed by atoms with van der Waals surface area (Å²) < 4.78 is 0. The molecule has 96 valence electrons. The van der Waals surface area contributed by atoms with Gasteiger partial charge in [0.05, 0.1) is 4.92 Å². The molecular weight excluding hydrogens is 258 g/mol. The topological polar surface area (TPSA) is 43.1 Å². The first kappa shape index (κ1) is 13.4. The Morgan fingerprint density at radius 2 is 1.53 bits per heavy atom. The Labute approximate surface area is 116 Å². The molecule has 0 spiro atoms. The van der Waals surface area contributed by atoms with E-state index in [1.807, 2.05) is 24.3 Å². The summed E-state index contributed by atoms with van der Waals surface area (Å²) in [5, 5.41) is 10.2. The van der Waals surface area contributed by atoms with Crippen molar-refractivity contribution < 1.29 is 4.92 Å². The molecular formula is C15H13NO2S. The number of rotatable bonds is 4. The zero-order chi connectivity index (χ0) is 13.7. The summed E-state index contributed by atoms with van der Waals surface area (Å²) in [5.74, 6) is 0. The third-order valence-corrected chi connectivity index (χ3v) is 3.54. The van der Waals surface area contributed by atoms with E-state index in [9.17, 15) is 10.1 Å². The summed E-state index contributed by atoms with van der Waals surface area (Å²) in [5.41, 5.74) is 2.06. The zero-order valence-electron chi connectivity index (χ0n) is 10.4. The molecule has 0 unspecified atom stereocenters. The van der Waals surface area contributed by atoms with Gasteiger partial charge in [-0.25, -0.2) is 0 Å². The van der Waals surface area contributed by atoms with E-state index in [1.54, 1.807) is 11.8 Å². The Hall–Kier alpha value is -2.07. The van der Waals surface area contributed by atoms with Crippen LogP contribution in [0.4, 0.5) is 0 Å². The Morgan fingerprint density at radius 1 is 1.00 bits per heavy atom. The maximum absolute atomic E-state index is 10.2. The molecule has 0 N–H and O–H groups in total. The molecule has 19 heavy (non-hydrogen) atoms. The standard InChI is InChI=1S/C15H13NO2S/c1-12-2-6-14(7-3-12)19-15-8-4-13(5-9-15)10-11-16(17)18/h2-11H,1H3. The maximum atomic E-state index is 10.2. The molecule has 0 aliphatic carbocycles. The average Bonchev–Trinajstić information content (AvgIpc) is 2.40. The Balaban J connectivity index is 2.06. The van der Waals surface area contributed by atoms with Gasteiger partial charge >= 0.3 is 0 Å². The number of nitrogens with zero attached hydrogens (tertiary/aromatic N) is 1. The second-order valence-corrected chi connectivity index (χ2v) is 5.23. The lowest BCUT2D eigenvalue weighted by atomic mass is 10.2. The summed E-state index contributed by atoms with van der Waals surface area (Å²) in [6, 6.07) is 16.0. The van der Waals surface area contributed by atoms with Gasteiger partial charge in [0.25, 0.3) is 0 Å². The van der Waals surface area contributed by atoms with E-state index in [0.29, 0.717) is 0 Å². The molecule has 0 heterocycles. The van der Waals surface area contributed by atoms with Crippen LogP contribution in [0.5, 0.6) is 0 Å². The minimum absolute atomic E-state index is 0.463. The zero-order valence-corrected chi connectivity index (χ0v) is 11.3. The normalized spacial score (nSPS) is 10.8. The van der Waals surface area contributed by atoms with Gasteiger partial charge in [0.15, 0.2) is 0 Å². The number of nitro groups is 1. The third kappa shape index (κ3) is 4.26. The van der Waals surface area contributed by atoms with Crippen LogP contribution in [-0.4, -0.2) is 4.92 Å². The molecule has 0 aliphatic rings. The Morgan fingerprint density at radius 3 is 2.05 bits per heavy atom. The fourth-order valence-electron chi connectivity index (χ4n) is 1.54. The predicted molar refractivity (Wildman–Crippen MR) is 77.8 cm³/mol. The van der Waals surface area contributed by atoms with Gasteiger partial charge in [0, 0.05) is 15.9 Å². The lowest BCUT2D eigenvalue weighted by molar-refractivity contribution is -0.400. The van der Waals surface area contributed by atoms with Crippen molar-refractivity contribution in [2.45, 2.75) is 16.7 Å². The van der Waals surface area contributed by atoms with E-state index < -0.39 is 4.92 Å². The first-order valence-electron chi connectivity index (χ1n) is 5.80. The molecule has 0 aromatic heterocycles. The summed E-state index contributed by atoms with van der Waals surface area (Å²) in [4.78, 5) is 12.1.